The summed E-state index contributed by atoms with van der Waals surface area (Å²) in [4.78, 5) is 11.2. The molecule has 0 heterocycles. The van der Waals surface area contributed by atoms with E-state index in [2.05, 4.69) is 0 Å². The molecule has 70 valence electrons. The number of alkyl halides is 1. The Labute approximate surface area is 80.6 Å². The highest BCUT2D eigenvalue weighted by Crippen LogP contribution is 2.28. The van der Waals surface area contributed by atoms with Crippen LogP contribution >= 0.6 is 11.6 Å². The first-order valence-corrected chi connectivity index (χ1v) is 4.21. The molecular formula is C9H9ClO3. The van der Waals surface area contributed by atoms with Gasteiger partial charge in [-0.3, -0.25) is 4.79 Å². The number of hydrogen-bond donors (Lipinski definition) is 2. The quantitative estimate of drug-likeness (QED) is 0.435. The highest BCUT2D eigenvalue weighted by atomic mass is 35.5. The molecule has 0 amide bonds. The number of phenols is 2. The lowest BCUT2D eigenvalue weighted by Crippen LogP contribution is -2.02. The van der Waals surface area contributed by atoms with E-state index in [1.165, 1.54) is 12.1 Å². The van der Waals surface area contributed by atoms with E-state index in [-0.39, 0.29) is 23.2 Å². The average Bonchev–Trinajstić information content (AvgIpc) is 2.10. The van der Waals surface area contributed by atoms with Gasteiger partial charge in [0.2, 0.25) is 0 Å². The zero-order valence-electron chi connectivity index (χ0n) is 7.04. The lowest BCUT2D eigenvalue weighted by molar-refractivity contribution is 0.102. The van der Waals surface area contributed by atoms with Crippen molar-refractivity contribution in [2.75, 3.05) is 5.88 Å². The van der Waals surface area contributed by atoms with Crippen molar-refractivity contribution >= 4 is 17.4 Å². The van der Waals surface area contributed by atoms with Gasteiger partial charge in [-0.25, -0.2) is 0 Å². The Hall–Kier alpha value is -1.22. The van der Waals surface area contributed by atoms with Crippen molar-refractivity contribution in [1.82, 2.24) is 0 Å². The van der Waals surface area contributed by atoms with Crippen LogP contribution in [0.4, 0.5) is 0 Å². The van der Waals surface area contributed by atoms with E-state index in [9.17, 15) is 4.79 Å². The molecule has 0 aliphatic heterocycles. The van der Waals surface area contributed by atoms with E-state index in [1.54, 1.807) is 6.92 Å². The van der Waals surface area contributed by atoms with E-state index in [0.717, 1.165) is 0 Å². The van der Waals surface area contributed by atoms with Gasteiger partial charge < -0.3 is 10.2 Å². The molecule has 2 N–H and O–H groups in total. The van der Waals surface area contributed by atoms with Gasteiger partial charge in [0.15, 0.2) is 17.3 Å². The number of phenolic OH excluding ortho intramolecular Hbond substituents is 2. The number of aromatic hydroxyl groups is 2. The maximum absolute atomic E-state index is 11.2. The van der Waals surface area contributed by atoms with Crippen LogP contribution in [0.15, 0.2) is 12.1 Å². The maximum Gasteiger partial charge on any atom is 0.177 e. The standard InChI is InChI=1S/C9H9ClO3/c1-5-2-7(11)8(12)3-6(5)9(13)4-10/h2-3,11-12H,4H2,1H3. The first-order chi connectivity index (χ1) is 6.06. The topological polar surface area (TPSA) is 57.5 Å². The summed E-state index contributed by atoms with van der Waals surface area (Å²) in [5.41, 5.74) is 0.936. The zero-order chi connectivity index (χ0) is 10.0. The number of aryl methyl sites for hydroxylation is 1. The Morgan fingerprint density at radius 1 is 1.38 bits per heavy atom. The molecule has 0 atom stereocenters. The van der Waals surface area contributed by atoms with Crippen molar-refractivity contribution < 1.29 is 15.0 Å². The Kier molecular flexibility index (Phi) is 2.78. The average molecular weight is 201 g/mol. The second-order valence-corrected chi connectivity index (χ2v) is 2.98. The van der Waals surface area contributed by atoms with Crippen molar-refractivity contribution in [3.8, 4) is 11.5 Å². The minimum atomic E-state index is -0.306. The van der Waals surface area contributed by atoms with Gasteiger partial charge >= 0.3 is 0 Å². The number of carbonyl (C=O) groups is 1. The predicted octanol–water partition coefficient (Wildman–Crippen LogP) is 1.83. The van der Waals surface area contributed by atoms with Crippen molar-refractivity contribution in [2.24, 2.45) is 0 Å². The SMILES string of the molecule is Cc1cc(O)c(O)cc1C(=O)CCl. The summed E-state index contributed by atoms with van der Waals surface area (Å²) in [6.45, 7) is 1.67. The lowest BCUT2D eigenvalue weighted by atomic mass is 10.0. The lowest BCUT2D eigenvalue weighted by Gasteiger charge is -2.04. The van der Waals surface area contributed by atoms with Gasteiger partial charge in [0, 0.05) is 5.56 Å². The molecule has 0 spiro atoms. The van der Waals surface area contributed by atoms with Crippen LogP contribution in [0.3, 0.4) is 0 Å². The first-order valence-electron chi connectivity index (χ1n) is 3.68. The molecule has 0 aromatic heterocycles. The summed E-state index contributed by atoms with van der Waals surface area (Å²) in [5.74, 6) is -0.942. The van der Waals surface area contributed by atoms with E-state index in [1.807, 2.05) is 0 Å². The van der Waals surface area contributed by atoms with E-state index < -0.39 is 0 Å². The highest BCUT2D eigenvalue weighted by Gasteiger charge is 2.11. The molecule has 13 heavy (non-hydrogen) atoms. The molecule has 0 unspecified atom stereocenters. The van der Waals surface area contributed by atoms with Crippen LogP contribution in [0.1, 0.15) is 15.9 Å². The molecule has 0 aliphatic rings. The van der Waals surface area contributed by atoms with Crippen molar-refractivity contribution in [2.45, 2.75) is 6.92 Å². The molecule has 0 radical (unpaired) electrons. The number of halogens is 1. The minimum absolute atomic E-state index is 0.134. The van der Waals surface area contributed by atoms with Crippen LogP contribution < -0.4 is 0 Å². The van der Waals surface area contributed by atoms with Crippen LogP contribution in [-0.2, 0) is 0 Å². The first kappa shape index (κ1) is 9.86. The van der Waals surface area contributed by atoms with E-state index >= 15 is 0 Å². The number of ketones is 1. The summed E-state index contributed by atoms with van der Waals surface area (Å²) in [7, 11) is 0. The third-order valence-electron chi connectivity index (χ3n) is 1.74. The highest BCUT2D eigenvalue weighted by molar-refractivity contribution is 6.30. The summed E-state index contributed by atoms with van der Waals surface area (Å²) in [6.07, 6.45) is 0. The van der Waals surface area contributed by atoms with Gasteiger partial charge in [0.25, 0.3) is 0 Å². The van der Waals surface area contributed by atoms with E-state index in [4.69, 9.17) is 21.8 Å². The van der Waals surface area contributed by atoms with E-state index in [0.29, 0.717) is 11.1 Å². The molecular weight excluding hydrogens is 192 g/mol. The second-order valence-electron chi connectivity index (χ2n) is 2.71. The van der Waals surface area contributed by atoms with Gasteiger partial charge in [0.05, 0.1) is 5.88 Å². The molecule has 1 aromatic carbocycles. The number of Topliss-reactive ketones (excluding diaryl/α,β-unsaturated/α-hetero) is 1. The number of rotatable bonds is 2. The smallest absolute Gasteiger partial charge is 0.177 e. The molecule has 4 heteroatoms. The van der Waals surface area contributed by atoms with Crippen molar-refractivity contribution in [1.29, 1.82) is 0 Å². The van der Waals surface area contributed by atoms with Crippen molar-refractivity contribution in [3.63, 3.8) is 0 Å². The molecule has 0 aliphatic carbocycles. The Balaban J connectivity index is 3.23. The Morgan fingerprint density at radius 2 is 1.92 bits per heavy atom. The fourth-order valence-electron chi connectivity index (χ4n) is 1.05. The number of benzene rings is 1. The van der Waals surface area contributed by atoms with Gasteiger partial charge in [-0.1, -0.05) is 0 Å². The molecule has 3 nitrogen and oxygen atoms in total. The zero-order valence-corrected chi connectivity index (χ0v) is 7.80. The maximum atomic E-state index is 11.2. The van der Waals surface area contributed by atoms with Crippen LogP contribution in [0.5, 0.6) is 11.5 Å². The largest absolute Gasteiger partial charge is 0.504 e. The fourth-order valence-corrected chi connectivity index (χ4v) is 1.20. The molecule has 0 saturated carbocycles. The summed E-state index contributed by atoms with van der Waals surface area (Å²) in [6, 6.07) is 2.55. The summed E-state index contributed by atoms with van der Waals surface area (Å²) in [5, 5.41) is 18.2. The van der Waals surface area contributed by atoms with Gasteiger partial charge in [-0.2, -0.15) is 0 Å². The van der Waals surface area contributed by atoms with Crippen LogP contribution in [-0.4, -0.2) is 21.9 Å². The fraction of sp³-hybridized carbons (Fsp3) is 0.222. The Bertz CT molecular complexity index is 347. The summed E-state index contributed by atoms with van der Waals surface area (Å²) >= 11 is 5.36. The minimum Gasteiger partial charge on any atom is -0.504 e. The Morgan fingerprint density at radius 3 is 2.46 bits per heavy atom. The van der Waals surface area contributed by atoms with Gasteiger partial charge in [-0.15, -0.1) is 11.6 Å². The molecule has 1 aromatic rings. The third kappa shape index (κ3) is 1.92. The third-order valence-corrected chi connectivity index (χ3v) is 1.99. The molecule has 0 fully saturated rings. The van der Waals surface area contributed by atoms with Gasteiger partial charge in [-0.05, 0) is 24.6 Å². The van der Waals surface area contributed by atoms with Crippen LogP contribution in [0, 0.1) is 6.92 Å². The molecule has 1 rings (SSSR count). The van der Waals surface area contributed by atoms with Crippen LogP contribution in [0.2, 0.25) is 0 Å². The normalized spacial score (nSPS) is 10.0. The molecule has 0 saturated heterocycles. The van der Waals surface area contributed by atoms with Crippen molar-refractivity contribution in [3.05, 3.63) is 23.3 Å². The molecule has 0 bridgehead atoms. The second kappa shape index (κ2) is 3.66. The predicted molar refractivity (Wildman–Crippen MR) is 49.6 cm³/mol. The number of carbonyl (C=O) groups excluding carboxylic acids is 1. The summed E-state index contributed by atoms with van der Waals surface area (Å²) < 4.78 is 0. The van der Waals surface area contributed by atoms with Crippen LogP contribution in [0.25, 0.3) is 0 Å². The van der Waals surface area contributed by atoms with Gasteiger partial charge in [0.1, 0.15) is 0 Å². The monoisotopic (exact) mass is 200 g/mol. The number of hydrogen-bond acceptors (Lipinski definition) is 3.